The van der Waals surface area contributed by atoms with Crippen molar-refractivity contribution in [2.24, 2.45) is 0 Å². The molecule has 3 nitrogen and oxygen atoms in total. The summed E-state index contributed by atoms with van der Waals surface area (Å²) < 4.78 is 23.9. The maximum Gasteiger partial charge on any atom is 1.00 e. The molecule has 64 valence electrons. The molecule has 0 amide bonds. The summed E-state index contributed by atoms with van der Waals surface area (Å²) in [7, 11) is 0. The van der Waals surface area contributed by atoms with Gasteiger partial charge in [0.15, 0.2) is 0 Å². The van der Waals surface area contributed by atoms with Crippen molar-refractivity contribution in [1.82, 2.24) is 0 Å². The van der Waals surface area contributed by atoms with Crippen LogP contribution in [0.15, 0.2) is 0 Å². The van der Waals surface area contributed by atoms with Gasteiger partial charge in [0, 0.05) is 0 Å². The van der Waals surface area contributed by atoms with Crippen LogP contribution in [0.25, 0.3) is 0 Å². The molecule has 5 heteroatoms. The van der Waals surface area contributed by atoms with Crippen molar-refractivity contribution in [1.29, 1.82) is 0 Å². The first-order chi connectivity index (χ1) is 4.77. The molecule has 0 aliphatic heterocycles. The normalized spacial score (nSPS) is 12.2. The Labute approximate surface area is 94.2 Å². The molecule has 11 heavy (non-hydrogen) atoms. The third-order valence-electron chi connectivity index (χ3n) is 1.18. The zero-order valence-corrected chi connectivity index (χ0v) is 9.99. The van der Waals surface area contributed by atoms with Gasteiger partial charge in [-0.2, -0.15) is 0 Å². The predicted molar refractivity (Wildman–Crippen MR) is 40.1 cm³/mol. The standard InChI is InChI=1S/C6H14O3S.Na.H/c1-2-3-4-5-6-9-10(7)8;;/h2-6H2,1H3,(H,7,8);;/q;+1;-1/p-1. The molecule has 0 aliphatic rings. The van der Waals surface area contributed by atoms with Gasteiger partial charge in [0.2, 0.25) is 0 Å². The van der Waals surface area contributed by atoms with Crippen molar-refractivity contribution in [2.75, 3.05) is 6.61 Å². The first kappa shape index (κ1) is 14.6. The topological polar surface area (TPSA) is 49.4 Å². The first-order valence-electron chi connectivity index (χ1n) is 3.50. The van der Waals surface area contributed by atoms with Crippen LogP contribution in [0.5, 0.6) is 0 Å². The summed E-state index contributed by atoms with van der Waals surface area (Å²) in [6.45, 7) is 2.43. The minimum atomic E-state index is -2.32. The molecule has 0 spiro atoms. The zero-order valence-electron chi connectivity index (χ0n) is 8.17. The average Bonchev–Trinajstić information content (AvgIpc) is 1.87. The molecule has 0 rings (SSSR count). The molecule has 0 heterocycles. The second-order valence-corrected chi connectivity index (χ2v) is 2.73. The van der Waals surface area contributed by atoms with E-state index in [-0.39, 0.29) is 31.0 Å². The van der Waals surface area contributed by atoms with Crippen molar-refractivity contribution in [3.63, 3.8) is 0 Å². The van der Waals surface area contributed by atoms with E-state index < -0.39 is 11.4 Å². The number of hydrogen-bond acceptors (Lipinski definition) is 3. The summed E-state index contributed by atoms with van der Waals surface area (Å²) >= 11 is -2.32. The van der Waals surface area contributed by atoms with Crippen LogP contribution in [0, 0.1) is 0 Å². The number of hydrogen-bond donors (Lipinski definition) is 0. The number of unbranched alkanes of at least 4 members (excludes halogenated alkanes) is 3. The van der Waals surface area contributed by atoms with Crippen molar-refractivity contribution in [3.05, 3.63) is 0 Å². The quantitative estimate of drug-likeness (QED) is 0.290. The minimum Gasteiger partial charge on any atom is -1.00 e. The number of rotatable bonds is 6. The Bertz CT molecular complexity index is 105. The Kier molecular flexibility index (Phi) is 14.7. The van der Waals surface area contributed by atoms with Gasteiger partial charge in [-0.3, -0.25) is 0 Å². The SMILES string of the molecule is CCCCCCOS(=O)[O-].[H-].[Na+]. The van der Waals surface area contributed by atoms with Crippen LogP contribution < -0.4 is 29.6 Å². The Balaban J connectivity index is -0.000000405. The van der Waals surface area contributed by atoms with Crippen LogP contribution in [0.4, 0.5) is 0 Å². The Morgan fingerprint density at radius 1 is 1.45 bits per heavy atom. The molecule has 0 N–H and O–H groups in total. The van der Waals surface area contributed by atoms with E-state index in [4.69, 9.17) is 0 Å². The molecule has 0 fully saturated rings. The van der Waals surface area contributed by atoms with Crippen molar-refractivity contribution >= 4 is 11.4 Å². The van der Waals surface area contributed by atoms with Crippen LogP contribution in [0.3, 0.4) is 0 Å². The van der Waals surface area contributed by atoms with Crippen LogP contribution in [0.2, 0.25) is 0 Å². The van der Waals surface area contributed by atoms with E-state index in [0.717, 1.165) is 25.7 Å². The summed E-state index contributed by atoms with van der Waals surface area (Å²) in [5.41, 5.74) is 0. The van der Waals surface area contributed by atoms with Gasteiger partial charge >= 0.3 is 29.6 Å². The fourth-order valence-electron chi connectivity index (χ4n) is 0.656. The second kappa shape index (κ2) is 11.1. The largest absolute Gasteiger partial charge is 1.00 e. The van der Waals surface area contributed by atoms with Crippen LogP contribution in [-0.2, 0) is 15.5 Å². The van der Waals surface area contributed by atoms with Gasteiger partial charge < -0.3 is 10.2 Å². The van der Waals surface area contributed by atoms with E-state index >= 15 is 0 Å². The third kappa shape index (κ3) is 14.0. The Morgan fingerprint density at radius 3 is 2.55 bits per heavy atom. The molecule has 0 aromatic carbocycles. The smallest absolute Gasteiger partial charge is 1.00 e. The maximum absolute atomic E-state index is 9.81. The molecule has 0 saturated carbocycles. The molecular weight excluding hydrogens is 175 g/mol. The van der Waals surface area contributed by atoms with Gasteiger partial charge in [-0.15, -0.1) is 0 Å². The van der Waals surface area contributed by atoms with E-state index in [2.05, 4.69) is 11.1 Å². The molecule has 0 aromatic rings. The summed E-state index contributed by atoms with van der Waals surface area (Å²) in [5, 5.41) is 0. The molecule has 1 atom stereocenters. The summed E-state index contributed by atoms with van der Waals surface area (Å²) in [4.78, 5) is 0. The zero-order chi connectivity index (χ0) is 7.82. The molecule has 0 saturated heterocycles. The molecule has 1 unspecified atom stereocenters. The summed E-state index contributed by atoms with van der Waals surface area (Å²) in [6, 6.07) is 0. The van der Waals surface area contributed by atoms with E-state index in [0.29, 0.717) is 6.61 Å². The Morgan fingerprint density at radius 2 is 2.09 bits per heavy atom. The van der Waals surface area contributed by atoms with Gasteiger partial charge in [-0.25, -0.2) is 4.21 Å². The van der Waals surface area contributed by atoms with Gasteiger partial charge in [-0.05, 0) is 6.42 Å². The van der Waals surface area contributed by atoms with Gasteiger partial charge in [0.25, 0.3) is 0 Å². The summed E-state index contributed by atoms with van der Waals surface area (Å²) in [5.74, 6) is 0. The van der Waals surface area contributed by atoms with E-state index in [1.165, 1.54) is 0 Å². The molecule has 0 aromatic heterocycles. The van der Waals surface area contributed by atoms with E-state index in [1.54, 1.807) is 0 Å². The maximum atomic E-state index is 9.81. The third-order valence-corrected chi connectivity index (χ3v) is 1.54. The monoisotopic (exact) mass is 189 g/mol. The van der Waals surface area contributed by atoms with Crippen molar-refractivity contribution in [2.45, 2.75) is 32.6 Å². The molecular formula is C6H14NaO3S-. The van der Waals surface area contributed by atoms with E-state index in [1.807, 2.05) is 0 Å². The van der Waals surface area contributed by atoms with Crippen LogP contribution >= 0.6 is 0 Å². The average molecular weight is 189 g/mol. The van der Waals surface area contributed by atoms with Gasteiger partial charge in [0.1, 0.15) is 0 Å². The molecule has 0 aliphatic carbocycles. The second-order valence-electron chi connectivity index (χ2n) is 2.09. The first-order valence-corrected chi connectivity index (χ1v) is 4.50. The molecule has 0 bridgehead atoms. The van der Waals surface area contributed by atoms with Crippen LogP contribution in [0.1, 0.15) is 34.0 Å². The minimum absolute atomic E-state index is 0. The van der Waals surface area contributed by atoms with Crippen LogP contribution in [-0.4, -0.2) is 15.4 Å². The van der Waals surface area contributed by atoms with E-state index in [9.17, 15) is 8.76 Å². The fraction of sp³-hybridized carbons (Fsp3) is 1.00. The summed E-state index contributed by atoms with van der Waals surface area (Å²) in [6.07, 6.45) is 4.19. The molecule has 0 radical (unpaired) electrons. The fourth-order valence-corrected chi connectivity index (χ4v) is 0.910. The predicted octanol–water partition coefficient (Wildman–Crippen LogP) is -1.51. The van der Waals surface area contributed by atoms with Crippen molar-refractivity contribution < 1.29 is 43.9 Å². The van der Waals surface area contributed by atoms with Gasteiger partial charge in [0.05, 0.1) is 18.0 Å². The van der Waals surface area contributed by atoms with Gasteiger partial charge in [-0.1, -0.05) is 26.2 Å². The Hall–Kier alpha value is 1.07. The van der Waals surface area contributed by atoms with Crippen molar-refractivity contribution in [3.8, 4) is 0 Å².